The Kier molecular flexibility index (Phi) is 7.20. The van der Waals surface area contributed by atoms with E-state index in [9.17, 15) is 18.0 Å². The number of thiophene rings is 1. The lowest BCUT2D eigenvalue weighted by atomic mass is 10.3. The van der Waals surface area contributed by atoms with Crippen molar-refractivity contribution in [3.8, 4) is 5.69 Å². The smallest absolute Gasteiger partial charge is 0.295 e. The largest absolute Gasteiger partial charge is 0.319 e. The number of nitrogens with zero attached hydrogens (tertiary/aromatic N) is 2. The van der Waals surface area contributed by atoms with Gasteiger partial charge in [-0.3, -0.25) is 19.0 Å². The number of carbonyl (C=O) groups excluding carboxylic acids is 1. The van der Waals surface area contributed by atoms with E-state index in [4.69, 9.17) is 0 Å². The highest BCUT2D eigenvalue weighted by atomic mass is 32.2. The Bertz CT molecular complexity index is 1490. The van der Waals surface area contributed by atoms with Gasteiger partial charge >= 0.3 is 0 Å². The first-order valence-corrected chi connectivity index (χ1v) is 13.9. The standard InChI is InChI=1S/C24H24N4O4S3/c1-16-22(24(30)28(27(16)3)19-8-5-4-6-9-19)25-23(29)17(2)34-20-13-11-18(12-14-20)26-35(31,32)21-10-7-15-33-21/h4-15,17,26H,1-3H3,(H,25,29). The van der Waals surface area contributed by atoms with Crippen LogP contribution < -0.4 is 15.6 Å². The van der Waals surface area contributed by atoms with Gasteiger partial charge in [0.1, 0.15) is 9.90 Å². The molecule has 35 heavy (non-hydrogen) atoms. The maximum atomic E-state index is 13.0. The Balaban J connectivity index is 1.44. The van der Waals surface area contributed by atoms with Crippen LogP contribution in [-0.4, -0.2) is 28.9 Å². The van der Waals surface area contributed by atoms with Crippen LogP contribution in [0.4, 0.5) is 11.4 Å². The van der Waals surface area contributed by atoms with Crippen molar-refractivity contribution in [2.45, 2.75) is 28.2 Å². The highest BCUT2D eigenvalue weighted by Gasteiger charge is 2.22. The fourth-order valence-corrected chi connectivity index (χ4v) is 6.34. The topological polar surface area (TPSA) is 102 Å². The van der Waals surface area contributed by atoms with Crippen LogP contribution in [0.25, 0.3) is 5.69 Å². The molecule has 2 N–H and O–H groups in total. The minimum Gasteiger partial charge on any atom is -0.319 e. The van der Waals surface area contributed by atoms with E-state index in [0.29, 0.717) is 17.1 Å². The van der Waals surface area contributed by atoms with E-state index in [2.05, 4.69) is 10.0 Å². The third-order valence-electron chi connectivity index (χ3n) is 5.35. The predicted octanol–water partition coefficient (Wildman–Crippen LogP) is 4.47. The Morgan fingerprint density at radius 1 is 1.03 bits per heavy atom. The van der Waals surface area contributed by atoms with Crippen LogP contribution >= 0.6 is 23.1 Å². The van der Waals surface area contributed by atoms with Gasteiger partial charge in [0, 0.05) is 17.6 Å². The lowest BCUT2D eigenvalue weighted by Gasteiger charge is -2.12. The van der Waals surface area contributed by atoms with E-state index < -0.39 is 15.3 Å². The monoisotopic (exact) mass is 528 g/mol. The van der Waals surface area contributed by atoms with Crippen LogP contribution in [0.3, 0.4) is 0 Å². The Morgan fingerprint density at radius 2 is 1.71 bits per heavy atom. The van der Waals surface area contributed by atoms with Crippen molar-refractivity contribution in [1.29, 1.82) is 0 Å². The Hall–Kier alpha value is -3.28. The second-order valence-corrected chi connectivity index (χ2v) is 12.0. The summed E-state index contributed by atoms with van der Waals surface area (Å²) >= 11 is 2.45. The molecule has 4 rings (SSSR count). The first-order chi connectivity index (χ1) is 16.7. The lowest BCUT2D eigenvalue weighted by molar-refractivity contribution is -0.115. The molecule has 0 saturated carbocycles. The van der Waals surface area contributed by atoms with Crippen LogP contribution in [0.2, 0.25) is 0 Å². The van der Waals surface area contributed by atoms with Crippen LogP contribution in [-0.2, 0) is 21.9 Å². The van der Waals surface area contributed by atoms with E-state index in [-0.39, 0.29) is 21.4 Å². The molecule has 1 atom stereocenters. The quantitative estimate of drug-likeness (QED) is 0.329. The predicted molar refractivity (Wildman–Crippen MR) is 141 cm³/mol. The molecule has 0 saturated heterocycles. The molecule has 0 fully saturated rings. The molecule has 2 aromatic heterocycles. The zero-order chi connectivity index (χ0) is 25.2. The molecule has 2 heterocycles. The number of aromatic nitrogens is 2. The number of anilines is 2. The van der Waals surface area contributed by atoms with Gasteiger partial charge in [-0.05, 0) is 61.7 Å². The summed E-state index contributed by atoms with van der Waals surface area (Å²) in [5.41, 5.74) is 1.73. The number of carbonyl (C=O) groups is 1. The summed E-state index contributed by atoms with van der Waals surface area (Å²) in [5.74, 6) is -0.302. The number of benzene rings is 2. The summed E-state index contributed by atoms with van der Waals surface area (Å²) < 4.78 is 30.7. The summed E-state index contributed by atoms with van der Waals surface area (Å²) in [6.07, 6.45) is 0. The number of nitrogens with one attached hydrogen (secondary N) is 2. The molecule has 0 aliphatic carbocycles. The average Bonchev–Trinajstić information content (AvgIpc) is 3.45. The van der Waals surface area contributed by atoms with Crippen molar-refractivity contribution in [1.82, 2.24) is 9.36 Å². The number of sulfonamides is 1. The third-order valence-corrected chi connectivity index (χ3v) is 9.24. The molecule has 8 nitrogen and oxygen atoms in total. The summed E-state index contributed by atoms with van der Waals surface area (Å²) in [4.78, 5) is 26.7. The maximum Gasteiger partial charge on any atom is 0.295 e. The number of para-hydroxylation sites is 1. The zero-order valence-electron chi connectivity index (χ0n) is 19.3. The highest BCUT2D eigenvalue weighted by molar-refractivity contribution is 8.00. The summed E-state index contributed by atoms with van der Waals surface area (Å²) in [6.45, 7) is 3.53. The van der Waals surface area contributed by atoms with Gasteiger partial charge < -0.3 is 5.32 Å². The van der Waals surface area contributed by atoms with Gasteiger partial charge in [-0.25, -0.2) is 13.1 Å². The molecule has 0 bridgehead atoms. The van der Waals surface area contributed by atoms with Gasteiger partial charge in [0.25, 0.3) is 15.6 Å². The SMILES string of the molecule is Cc1c(NC(=O)C(C)Sc2ccc(NS(=O)(=O)c3cccs3)cc2)c(=O)n(-c2ccccc2)n1C. The number of hydrogen-bond acceptors (Lipinski definition) is 6. The van der Waals surface area contributed by atoms with Crippen molar-refractivity contribution >= 4 is 50.4 Å². The van der Waals surface area contributed by atoms with E-state index in [1.54, 1.807) is 67.4 Å². The molecule has 0 spiro atoms. The fraction of sp³-hybridized carbons (Fsp3) is 0.167. The van der Waals surface area contributed by atoms with Crippen molar-refractivity contribution in [2.75, 3.05) is 10.0 Å². The first-order valence-electron chi connectivity index (χ1n) is 10.7. The molecule has 1 unspecified atom stereocenters. The van der Waals surface area contributed by atoms with Gasteiger partial charge in [0.05, 0.1) is 16.6 Å². The number of thioether (sulfide) groups is 1. The minimum absolute atomic E-state index is 0.240. The minimum atomic E-state index is -3.62. The third kappa shape index (κ3) is 5.37. The lowest BCUT2D eigenvalue weighted by Crippen LogP contribution is -2.27. The second-order valence-electron chi connectivity index (χ2n) is 7.75. The van der Waals surface area contributed by atoms with E-state index in [1.165, 1.54) is 16.4 Å². The van der Waals surface area contributed by atoms with E-state index in [1.807, 2.05) is 30.3 Å². The number of hydrogen-bond donors (Lipinski definition) is 2. The molecule has 0 aliphatic rings. The van der Waals surface area contributed by atoms with Crippen molar-refractivity contribution in [2.24, 2.45) is 7.05 Å². The Labute approximate surface area is 211 Å². The van der Waals surface area contributed by atoms with Gasteiger partial charge in [-0.1, -0.05) is 24.3 Å². The molecular formula is C24H24N4O4S3. The average molecular weight is 529 g/mol. The van der Waals surface area contributed by atoms with Gasteiger partial charge in [0.2, 0.25) is 5.91 Å². The molecule has 0 aliphatic heterocycles. The number of rotatable bonds is 8. The molecule has 1 amide bonds. The van der Waals surface area contributed by atoms with Gasteiger partial charge in [0.15, 0.2) is 0 Å². The normalized spacial score (nSPS) is 12.3. The maximum absolute atomic E-state index is 13.0. The fourth-order valence-electron chi connectivity index (χ4n) is 3.42. The van der Waals surface area contributed by atoms with Gasteiger partial charge in [-0.15, -0.1) is 23.1 Å². The molecule has 0 radical (unpaired) electrons. The van der Waals surface area contributed by atoms with Crippen molar-refractivity contribution in [3.63, 3.8) is 0 Å². The van der Waals surface area contributed by atoms with Crippen LogP contribution in [0.15, 0.2) is 86.0 Å². The first kappa shape index (κ1) is 24.8. The van der Waals surface area contributed by atoms with Crippen LogP contribution in [0.1, 0.15) is 12.6 Å². The zero-order valence-corrected chi connectivity index (χ0v) is 21.7. The van der Waals surface area contributed by atoms with E-state index in [0.717, 1.165) is 16.2 Å². The second kappa shape index (κ2) is 10.1. The number of amides is 1. The molecular weight excluding hydrogens is 504 g/mol. The van der Waals surface area contributed by atoms with Crippen molar-refractivity contribution in [3.05, 3.63) is 88.2 Å². The molecule has 182 valence electrons. The van der Waals surface area contributed by atoms with Crippen LogP contribution in [0, 0.1) is 6.92 Å². The molecule has 2 aromatic carbocycles. The van der Waals surface area contributed by atoms with Crippen molar-refractivity contribution < 1.29 is 13.2 Å². The molecule has 11 heteroatoms. The van der Waals surface area contributed by atoms with Gasteiger partial charge in [-0.2, -0.15) is 0 Å². The van der Waals surface area contributed by atoms with Crippen LogP contribution in [0.5, 0.6) is 0 Å². The Morgan fingerprint density at radius 3 is 2.34 bits per heavy atom. The summed E-state index contributed by atoms with van der Waals surface area (Å²) in [6, 6.07) is 19.2. The summed E-state index contributed by atoms with van der Waals surface area (Å²) in [5, 5.41) is 3.99. The summed E-state index contributed by atoms with van der Waals surface area (Å²) in [7, 11) is -1.85. The molecule has 4 aromatic rings. The highest BCUT2D eigenvalue weighted by Crippen LogP contribution is 2.27. The van der Waals surface area contributed by atoms with E-state index >= 15 is 0 Å².